The first-order valence-electron chi connectivity index (χ1n) is 8.45. The van der Waals surface area contributed by atoms with Crippen molar-refractivity contribution in [3.63, 3.8) is 0 Å². The van der Waals surface area contributed by atoms with E-state index in [1.165, 1.54) is 29.3 Å². The first kappa shape index (κ1) is 16.0. The predicted molar refractivity (Wildman–Crippen MR) is 102 cm³/mol. The van der Waals surface area contributed by atoms with Gasteiger partial charge in [0.2, 0.25) is 0 Å². The second-order valence-electron chi connectivity index (χ2n) is 6.47. The fourth-order valence-corrected chi connectivity index (χ4v) is 4.10. The van der Waals surface area contributed by atoms with Crippen LogP contribution in [0.2, 0.25) is 10.0 Å². The van der Waals surface area contributed by atoms with E-state index in [0.29, 0.717) is 16.0 Å². The van der Waals surface area contributed by atoms with Gasteiger partial charge in [-0.1, -0.05) is 53.5 Å². The molecule has 0 amide bonds. The molecule has 1 N–H and O–H groups in total. The van der Waals surface area contributed by atoms with E-state index < -0.39 is 0 Å². The Morgan fingerprint density at radius 2 is 1.79 bits per heavy atom. The van der Waals surface area contributed by atoms with Crippen molar-refractivity contribution in [1.82, 2.24) is 9.88 Å². The van der Waals surface area contributed by atoms with Crippen LogP contribution in [0.25, 0.3) is 10.9 Å². The van der Waals surface area contributed by atoms with Crippen LogP contribution in [0.5, 0.6) is 0 Å². The van der Waals surface area contributed by atoms with Gasteiger partial charge in [0.05, 0.1) is 10.0 Å². The molecule has 2 heterocycles. The van der Waals surface area contributed by atoms with Crippen molar-refractivity contribution in [2.24, 2.45) is 0 Å². The number of aromatic nitrogens is 1. The SMILES string of the molecule is Clc1cccc(Cn2cc(C3CCNCC3)c3ccccc32)c1Cl. The van der Waals surface area contributed by atoms with E-state index >= 15 is 0 Å². The molecule has 2 aromatic carbocycles. The maximum atomic E-state index is 6.40. The highest BCUT2D eigenvalue weighted by molar-refractivity contribution is 6.42. The van der Waals surface area contributed by atoms with Gasteiger partial charge in [0.15, 0.2) is 0 Å². The van der Waals surface area contributed by atoms with E-state index in [9.17, 15) is 0 Å². The summed E-state index contributed by atoms with van der Waals surface area (Å²) in [6, 6.07) is 14.5. The van der Waals surface area contributed by atoms with E-state index in [1.807, 2.05) is 18.2 Å². The van der Waals surface area contributed by atoms with E-state index in [2.05, 4.69) is 40.3 Å². The first-order valence-corrected chi connectivity index (χ1v) is 9.21. The van der Waals surface area contributed by atoms with Crippen LogP contribution < -0.4 is 5.32 Å². The van der Waals surface area contributed by atoms with Gasteiger partial charge in [0, 0.05) is 23.6 Å². The molecule has 24 heavy (non-hydrogen) atoms. The van der Waals surface area contributed by atoms with Gasteiger partial charge >= 0.3 is 0 Å². The quantitative estimate of drug-likeness (QED) is 0.657. The van der Waals surface area contributed by atoms with Gasteiger partial charge in [0.25, 0.3) is 0 Å². The van der Waals surface area contributed by atoms with Crippen LogP contribution in [-0.2, 0) is 6.54 Å². The topological polar surface area (TPSA) is 17.0 Å². The molecular weight excluding hydrogens is 339 g/mol. The number of nitrogens with one attached hydrogen (secondary N) is 1. The summed E-state index contributed by atoms with van der Waals surface area (Å²) in [6.07, 6.45) is 4.72. The van der Waals surface area contributed by atoms with Gasteiger partial charge in [-0.2, -0.15) is 0 Å². The minimum atomic E-state index is 0.615. The van der Waals surface area contributed by atoms with Gasteiger partial charge in [-0.05, 0) is 55.1 Å². The molecule has 0 radical (unpaired) electrons. The third kappa shape index (κ3) is 2.95. The molecule has 0 saturated carbocycles. The summed E-state index contributed by atoms with van der Waals surface area (Å²) in [5.74, 6) is 0.632. The Morgan fingerprint density at radius 3 is 2.62 bits per heavy atom. The fourth-order valence-electron chi connectivity index (χ4n) is 3.72. The normalized spacial score (nSPS) is 15.9. The third-order valence-corrected chi connectivity index (χ3v) is 5.83. The Bertz CT molecular complexity index is 863. The van der Waals surface area contributed by atoms with Crippen LogP contribution >= 0.6 is 23.2 Å². The molecule has 0 spiro atoms. The molecule has 2 nitrogen and oxygen atoms in total. The number of piperidine rings is 1. The monoisotopic (exact) mass is 358 g/mol. The molecule has 0 aliphatic carbocycles. The highest BCUT2D eigenvalue weighted by atomic mass is 35.5. The Labute approximate surface area is 152 Å². The zero-order chi connectivity index (χ0) is 16.5. The number of rotatable bonds is 3. The Balaban J connectivity index is 1.77. The lowest BCUT2D eigenvalue weighted by molar-refractivity contribution is 0.461. The number of para-hydroxylation sites is 1. The highest BCUT2D eigenvalue weighted by Gasteiger charge is 2.20. The number of halogens is 2. The van der Waals surface area contributed by atoms with Crippen LogP contribution in [0.1, 0.15) is 29.9 Å². The van der Waals surface area contributed by atoms with Crippen molar-refractivity contribution in [2.45, 2.75) is 25.3 Å². The van der Waals surface area contributed by atoms with Gasteiger partial charge < -0.3 is 9.88 Å². The summed E-state index contributed by atoms with van der Waals surface area (Å²) < 4.78 is 2.31. The van der Waals surface area contributed by atoms with E-state index in [4.69, 9.17) is 23.2 Å². The number of hydrogen-bond donors (Lipinski definition) is 1. The zero-order valence-corrected chi connectivity index (χ0v) is 14.9. The molecule has 1 saturated heterocycles. The van der Waals surface area contributed by atoms with Crippen molar-refractivity contribution in [3.8, 4) is 0 Å². The molecule has 0 bridgehead atoms. The van der Waals surface area contributed by atoms with Crippen molar-refractivity contribution >= 4 is 34.1 Å². The maximum Gasteiger partial charge on any atom is 0.0642 e. The summed E-state index contributed by atoms with van der Waals surface area (Å²) in [7, 11) is 0. The summed E-state index contributed by atoms with van der Waals surface area (Å²) in [4.78, 5) is 0. The Kier molecular flexibility index (Phi) is 4.53. The van der Waals surface area contributed by atoms with E-state index in [1.54, 1.807) is 0 Å². The molecule has 1 aromatic heterocycles. The van der Waals surface area contributed by atoms with Crippen molar-refractivity contribution in [3.05, 3.63) is 69.8 Å². The molecule has 4 rings (SSSR count). The van der Waals surface area contributed by atoms with Crippen molar-refractivity contribution in [1.29, 1.82) is 0 Å². The minimum absolute atomic E-state index is 0.615. The molecule has 4 heteroatoms. The summed E-state index contributed by atoms with van der Waals surface area (Å²) in [5, 5.41) is 6.09. The number of hydrogen-bond acceptors (Lipinski definition) is 1. The molecular formula is C20H20Cl2N2. The maximum absolute atomic E-state index is 6.40. The molecule has 1 fully saturated rings. The molecule has 3 aromatic rings. The molecule has 124 valence electrons. The van der Waals surface area contributed by atoms with E-state index in [0.717, 1.165) is 25.2 Å². The smallest absolute Gasteiger partial charge is 0.0642 e. The molecule has 0 unspecified atom stereocenters. The lowest BCUT2D eigenvalue weighted by atomic mass is 9.90. The lowest BCUT2D eigenvalue weighted by Gasteiger charge is -2.22. The van der Waals surface area contributed by atoms with Crippen LogP contribution in [0.3, 0.4) is 0 Å². The molecule has 0 atom stereocenters. The van der Waals surface area contributed by atoms with Crippen LogP contribution in [0.15, 0.2) is 48.7 Å². The number of fused-ring (bicyclic) bond motifs is 1. The largest absolute Gasteiger partial charge is 0.343 e. The highest BCUT2D eigenvalue weighted by Crippen LogP contribution is 2.34. The molecule has 1 aliphatic rings. The van der Waals surface area contributed by atoms with Gasteiger partial charge in [0.1, 0.15) is 0 Å². The average Bonchev–Trinajstić information content (AvgIpc) is 2.99. The standard InChI is InChI=1S/C20H20Cl2N2/c21-18-6-3-4-15(20(18)22)12-24-13-17(14-8-10-23-11-9-14)16-5-1-2-7-19(16)24/h1-7,13-14,23H,8-12H2. The Morgan fingerprint density at radius 1 is 1.00 bits per heavy atom. The van der Waals surface area contributed by atoms with E-state index in [-0.39, 0.29) is 0 Å². The second kappa shape index (κ2) is 6.79. The third-order valence-electron chi connectivity index (χ3n) is 4.97. The first-order chi connectivity index (χ1) is 11.7. The van der Waals surface area contributed by atoms with Crippen LogP contribution in [0.4, 0.5) is 0 Å². The molecule has 1 aliphatic heterocycles. The number of nitrogens with zero attached hydrogens (tertiary/aromatic N) is 1. The summed E-state index contributed by atoms with van der Waals surface area (Å²) in [6.45, 7) is 2.94. The Hall–Kier alpha value is -1.48. The van der Waals surface area contributed by atoms with Crippen LogP contribution in [-0.4, -0.2) is 17.7 Å². The van der Waals surface area contributed by atoms with Crippen LogP contribution in [0, 0.1) is 0 Å². The lowest BCUT2D eigenvalue weighted by Crippen LogP contribution is -2.26. The van der Waals surface area contributed by atoms with Crippen molar-refractivity contribution < 1.29 is 0 Å². The summed E-state index contributed by atoms with van der Waals surface area (Å²) >= 11 is 12.6. The second-order valence-corrected chi connectivity index (χ2v) is 7.25. The van der Waals surface area contributed by atoms with Gasteiger partial charge in [-0.15, -0.1) is 0 Å². The zero-order valence-electron chi connectivity index (χ0n) is 13.4. The van der Waals surface area contributed by atoms with Gasteiger partial charge in [-0.3, -0.25) is 0 Å². The van der Waals surface area contributed by atoms with Crippen molar-refractivity contribution in [2.75, 3.05) is 13.1 Å². The summed E-state index contributed by atoms with van der Waals surface area (Å²) in [5.41, 5.74) is 3.79. The fraction of sp³-hybridized carbons (Fsp3) is 0.300. The average molecular weight is 359 g/mol. The van der Waals surface area contributed by atoms with Gasteiger partial charge in [-0.25, -0.2) is 0 Å². The predicted octanol–water partition coefficient (Wildman–Crippen LogP) is 5.46. The minimum Gasteiger partial charge on any atom is -0.343 e. The number of benzene rings is 2.